The Labute approximate surface area is 169 Å². The van der Waals surface area contributed by atoms with Gasteiger partial charge in [0.2, 0.25) is 5.91 Å². The van der Waals surface area contributed by atoms with Crippen molar-refractivity contribution in [2.75, 3.05) is 19.7 Å². The van der Waals surface area contributed by atoms with Crippen molar-refractivity contribution in [3.63, 3.8) is 0 Å². The van der Waals surface area contributed by atoms with Crippen LogP contribution >= 0.6 is 0 Å². The van der Waals surface area contributed by atoms with E-state index in [0.29, 0.717) is 6.42 Å². The van der Waals surface area contributed by atoms with Crippen LogP contribution in [0.4, 0.5) is 10.5 Å². The lowest BCUT2D eigenvalue weighted by Gasteiger charge is -2.19. The Balaban J connectivity index is 2.25. The fourth-order valence-corrected chi connectivity index (χ4v) is 2.89. The summed E-state index contributed by atoms with van der Waals surface area (Å²) >= 11 is 0. The standard InChI is InChI=1S/C17H25N3O8S/c1-17(2,3)28-16(22)19-10-4-5-15(21)18-11-12-27-29(25,26)14-8-6-13(7-9-14)20(23)24/h6-9H,4-5,10-12H2,1-3H3,(H,18,21)(H,19,22). The minimum atomic E-state index is -4.08. The molecule has 2 N–H and O–H groups in total. The van der Waals surface area contributed by atoms with Crippen molar-refractivity contribution >= 4 is 27.8 Å². The molecular formula is C17H25N3O8S. The first-order chi connectivity index (χ1) is 13.4. The number of alkyl carbamates (subject to hydrolysis) is 1. The molecule has 29 heavy (non-hydrogen) atoms. The molecule has 2 amide bonds. The van der Waals surface area contributed by atoms with E-state index < -0.39 is 26.7 Å². The monoisotopic (exact) mass is 431 g/mol. The molecule has 0 aliphatic rings. The average Bonchev–Trinajstić information content (AvgIpc) is 2.61. The van der Waals surface area contributed by atoms with Crippen LogP contribution in [0.2, 0.25) is 0 Å². The van der Waals surface area contributed by atoms with E-state index in [1.807, 2.05) is 0 Å². The number of hydrogen-bond donors (Lipinski definition) is 2. The molecule has 0 unspecified atom stereocenters. The van der Waals surface area contributed by atoms with Gasteiger partial charge in [-0.3, -0.25) is 19.1 Å². The van der Waals surface area contributed by atoms with Gasteiger partial charge < -0.3 is 15.4 Å². The molecule has 1 aromatic rings. The number of non-ortho nitro benzene ring substituents is 1. The third-order valence-corrected chi connectivity index (χ3v) is 4.57. The fourth-order valence-electron chi connectivity index (χ4n) is 1.99. The van der Waals surface area contributed by atoms with Crippen LogP contribution in [-0.2, 0) is 23.8 Å². The number of nitrogens with zero attached hydrogens (tertiary/aromatic N) is 1. The molecule has 0 spiro atoms. The molecule has 0 saturated carbocycles. The van der Waals surface area contributed by atoms with Crippen LogP contribution in [0.5, 0.6) is 0 Å². The molecule has 12 heteroatoms. The smallest absolute Gasteiger partial charge is 0.407 e. The molecular weight excluding hydrogens is 406 g/mol. The van der Waals surface area contributed by atoms with Crippen LogP contribution in [0.1, 0.15) is 33.6 Å². The number of hydrogen-bond acceptors (Lipinski definition) is 8. The molecule has 1 rings (SSSR count). The van der Waals surface area contributed by atoms with E-state index in [9.17, 15) is 28.1 Å². The number of nitro groups is 1. The van der Waals surface area contributed by atoms with Crippen LogP contribution in [0.25, 0.3) is 0 Å². The Morgan fingerprint density at radius 2 is 1.72 bits per heavy atom. The van der Waals surface area contributed by atoms with Gasteiger partial charge in [-0.1, -0.05) is 0 Å². The van der Waals surface area contributed by atoms with Gasteiger partial charge in [0, 0.05) is 31.6 Å². The van der Waals surface area contributed by atoms with Crippen molar-refractivity contribution in [3.8, 4) is 0 Å². The summed E-state index contributed by atoms with van der Waals surface area (Å²) in [4.78, 5) is 32.8. The van der Waals surface area contributed by atoms with E-state index in [1.54, 1.807) is 20.8 Å². The number of carbonyl (C=O) groups is 2. The highest BCUT2D eigenvalue weighted by Gasteiger charge is 2.17. The van der Waals surface area contributed by atoms with Gasteiger partial charge >= 0.3 is 6.09 Å². The van der Waals surface area contributed by atoms with E-state index in [-0.39, 0.29) is 42.6 Å². The van der Waals surface area contributed by atoms with Gasteiger partial charge in [-0.2, -0.15) is 8.42 Å². The highest BCUT2D eigenvalue weighted by Crippen LogP contribution is 2.17. The molecule has 0 aliphatic carbocycles. The molecule has 0 fully saturated rings. The molecule has 162 valence electrons. The highest BCUT2D eigenvalue weighted by atomic mass is 32.2. The lowest BCUT2D eigenvalue weighted by atomic mass is 10.2. The van der Waals surface area contributed by atoms with E-state index in [4.69, 9.17) is 8.92 Å². The number of nitrogens with one attached hydrogen (secondary N) is 2. The maximum absolute atomic E-state index is 12.0. The Kier molecular flexibility index (Phi) is 8.98. The van der Waals surface area contributed by atoms with Crippen molar-refractivity contribution in [2.24, 2.45) is 0 Å². The number of benzene rings is 1. The van der Waals surface area contributed by atoms with Crippen LogP contribution in [0, 0.1) is 10.1 Å². The van der Waals surface area contributed by atoms with Gasteiger partial charge in [0.15, 0.2) is 0 Å². The molecule has 0 radical (unpaired) electrons. The zero-order valence-corrected chi connectivity index (χ0v) is 17.3. The fraction of sp³-hybridized carbons (Fsp3) is 0.529. The second-order valence-corrected chi connectivity index (χ2v) is 8.52. The van der Waals surface area contributed by atoms with Gasteiger partial charge in [-0.15, -0.1) is 0 Å². The van der Waals surface area contributed by atoms with Crippen LogP contribution in [0.3, 0.4) is 0 Å². The number of amides is 2. The van der Waals surface area contributed by atoms with Gasteiger partial charge in [-0.05, 0) is 39.3 Å². The average molecular weight is 431 g/mol. The van der Waals surface area contributed by atoms with Crippen molar-refractivity contribution in [2.45, 2.75) is 44.1 Å². The van der Waals surface area contributed by atoms with Gasteiger partial charge in [0.05, 0.1) is 16.4 Å². The van der Waals surface area contributed by atoms with E-state index in [0.717, 1.165) is 24.3 Å². The summed E-state index contributed by atoms with van der Waals surface area (Å²) in [6.07, 6.45) is -0.0551. The largest absolute Gasteiger partial charge is 0.444 e. The van der Waals surface area contributed by atoms with Gasteiger partial charge in [-0.25, -0.2) is 4.79 Å². The predicted molar refractivity (Wildman–Crippen MR) is 103 cm³/mol. The third-order valence-electron chi connectivity index (χ3n) is 3.25. The first-order valence-corrected chi connectivity index (χ1v) is 10.2. The minimum Gasteiger partial charge on any atom is -0.444 e. The van der Waals surface area contributed by atoms with Crippen molar-refractivity contribution in [3.05, 3.63) is 34.4 Å². The van der Waals surface area contributed by atoms with Gasteiger partial charge in [0.25, 0.3) is 15.8 Å². The van der Waals surface area contributed by atoms with Crippen LogP contribution < -0.4 is 10.6 Å². The first kappa shape index (κ1) is 24.3. The second-order valence-electron chi connectivity index (χ2n) is 6.91. The molecule has 0 atom stereocenters. The number of nitro benzene ring substituents is 1. The highest BCUT2D eigenvalue weighted by molar-refractivity contribution is 7.86. The third kappa shape index (κ3) is 9.85. The Morgan fingerprint density at radius 3 is 2.28 bits per heavy atom. The van der Waals surface area contributed by atoms with E-state index in [1.165, 1.54) is 0 Å². The molecule has 0 aromatic heterocycles. The zero-order valence-electron chi connectivity index (χ0n) is 16.5. The van der Waals surface area contributed by atoms with Crippen molar-refractivity contribution < 1.29 is 31.9 Å². The Bertz CT molecular complexity index is 816. The Morgan fingerprint density at radius 1 is 1.10 bits per heavy atom. The van der Waals surface area contributed by atoms with E-state index in [2.05, 4.69) is 10.6 Å². The maximum Gasteiger partial charge on any atom is 0.407 e. The number of carbonyl (C=O) groups excluding carboxylic acids is 2. The van der Waals surface area contributed by atoms with Crippen molar-refractivity contribution in [1.29, 1.82) is 0 Å². The number of ether oxygens (including phenoxy) is 1. The second kappa shape index (κ2) is 10.7. The minimum absolute atomic E-state index is 0.0372. The molecule has 0 aliphatic heterocycles. The molecule has 11 nitrogen and oxygen atoms in total. The molecule has 0 saturated heterocycles. The number of rotatable bonds is 10. The first-order valence-electron chi connectivity index (χ1n) is 8.78. The molecule has 0 bridgehead atoms. The molecule has 1 aromatic carbocycles. The van der Waals surface area contributed by atoms with Crippen LogP contribution in [0.15, 0.2) is 29.2 Å². The lowest BCUT2D eigenvalue weighted by Crippen LogP contribution is -2.33. The van der Waals surface area contributed by atoms with Gasteiger partial charge in [0.1, 0.15) is 5.60 Å². The maximum atomic E-state index is 12.0. The summed E-state index contributed by atoms with van der Waals surface area (Å²) < 4.78 is 33.8. The molecule has 0 heterocycles. The summed E-state index contributed by atoms with van der Waals surface area (Å²) in [7, 11) is -4.08. The summed E-state index contributed by atoms with van der Waals surface area (Å²) in [5.41, 5.74) is -0.839. The van der Waals surface area contributed by atoms with Crippen LogP contribution in [-0.4, -0.2) is 50.6 Å². The summed E-state index contributed by atoms with van der Waals surface area (Å²) in [6.45, 7) is 5.15. The summed E-state index contributed by atoms with van der Waals surface area (Å²) in [6, 6.07) is 4.26. The normalized spacial score (nSPS) is 11.6. The SMILES string of the molecule is CC(C)(C)OC(=O)NCCCC(=O)NCCOS(=O)(=O)c1ccc([N+](=O)[O-])cc1. The Hall–Kier alpha value is -2.73. The topological polar surface area (TPSA) is 154 Å². The predicted octanol–water partition coefficient (Wildman–Crippen LogP) is 1.72. The zero-order chi connectivity index (χ0) is 22.1. The summed E-state index contributed by atoms with van der Waals surface area (Å²) in [5, 5.41) is 15.6. The quantitative estimate of drug-likeness (QED) is 0.246. The van der Waals surface area contributed by atoms with Crippen molar-refractivity contribution in [1.82, 2.24) is 10.6 Å². The van der Waals surface area contributed by atoms with E-state index >= 15 is 0 Å². The lowest BCUT2D eigenvalue weighted by molar-refractivity contribution is -0.384. The summed E-state index contributed by atoms with van der Waals surface area (Å²) in [5.74, 6) is -0.327.